The molecule has 8 nitrogen and oxygen atoms in total. The van der Waals surface area contributed by atoms with Crippen molar-refractivity contribution in [2.45, 2.75) is 50.9 Å². The fourth-order valence-corrected chi connectivity index (χ4v) is 6.93. The van der Waals surface area contributed by atoms with E-state index in [1.807, 2.05) is 13.1 Å². The number of hydrazone groups is 1. The number of nitrogens with one attached hydrogen (secondary N) is 1. The van der Waals surface area contributed by atoms with Crippen molar-refractivity contribution in [3.63, 3.8) is 0 Å². The molecule has 4 aliphatic carbocycles. The van der Waals surface area contributed by atoms with Crippen LogP contribution in [-0.2, 0) is 5.41 Å². The highest BCUT2D eigenvalue weighted by atomic mass is 16.6. The summed E-state index contributed by atoms with van der Waals surface area (Å²) in [6.45, 7) is 1.93. The zero-order valence-corrected chi connectivity index (χ0v) is 19.2. The Balaban J connectivity index is 1.20. The van der Waals surface area contributed by atoms with Gasteiger partial charge in [0.05, 0.1) is 33.9 Å². The van der Waals surface area contributed by atoms with Gasteiger partial charge in [0.25, 0.3) is 5.69 Å². The van der Waals surface area contributed by atoms with Crippen LogP contribution in [0.2, 0.25) is 0 Å². The topological polar surface area (TPSA) is 98.2 Å². The number of hydrogen-bond acceptors (Lipinski definition) is 6. The van der Waals surface area contributed by atoms with Crippen molar-refractivity contribution in [2.24, 2.45) is 22.9 Å². The first-order valence-corrected chi connectivity index (χ1v) is 12.1. The molecule has 1 N–H and O–H groups in total. The van der Waals surface area contributed by atoms with Crippen molar-refractivity contribution in [3.05, 3.63) is 76.1 Å². The third kappa shape index (κ3) is 3.67. The molecule has 4 bridgehead atoms. The number of nitrogens with zero attached hydrogens (tertiary/aromatic N) is 5. The number of aromatic nitrogens is 3. The lowest BCUT2D eigenvalue weighted by Gasteiger charge is -2.56. The number of rotatable bonds is 6. The van der Waals surface area contributed by atoms with Crippen LogP contribution in [0.25, 0.3) is 5.69 Å². The van der Waals surface area contributed by atoms with Crippen molar-refractivity contribution in [1.82, 2.24) is 15.0 Å². The average molecular weight is 457 g/mol. The number of hydrogen-bond donors (Lipinski definition) is 1. The van der Waals surface area contributed by atoms with Gasteiger partial charge in [0.1, 0.15) is 0 Å². The van der Waals surface area contributed by atoms with E-state index in [9.17, 15) is 10.1 Å². The second kappa shape index (κ2) is 8.04. The highest BCUT2D eigenvalue weighted by molar-refractivity contribution is 5.99. The Hall–Kier alpha value is -3.55. The van der Waals surface area contributed by atoms with Crippen LogP contribution in [0, 0.1) is 27.9 Å². The van der Waals surface area contributed by atoms with Gasteiger partial charge in [-0.15, -0.1) is 5.10 Å². The van der Waals surface area contributed by atoms with Crippen LogP contribution < -0.4 is 5.43 Å². The summed E-state index contributed by atoms with van der Waals surface area (Å²) in [7, 11) is 0. The van der Waals surface area contributed by atoms with Gasteiger partial charge in [0, 0.05) is 17.5 Å². The highest BCUT2D eigenvalue weighted by Crippen LogP contribution is 2.60. The molecule has 2 aromatic carbocycles. The van der Waals surface area contributed by atoms with Crippen LogP contribution in [0.1, 0.15) is 56.7 Å². The van der Waals surface area contributed by atoms with Gasteiger partial charge in [-0.25, -0.2) is 4.68 Å². The number of nitro benzene ring substituents is 1. The Labute approximate surface area is 198 Å². The Morgan fingerprint density at radius 3 is 2.24 bits per heavy atom. The van der Waals surface area contributed by atoms with Gasteiger partial charge in [-0.05, 0) is 93.0 Å². The van der Waals surface area contributed by atoms with Gasteiger partial charge in [-0.2, -0.15) is 5.10 Å². The van der Waals surface area contributed by atoms with Gasteiger partial charge >= 0.3 is 0 Å². The van der Waals surface area contributed by atoms with Gasteiger partial charge in [0.2, 0.25) is 0 Å². The van der Waals surface area contributed by atoms with Crippen LogP contribution in [0.15, 0.2) is 59.8 Å². The summed E-state index contributed by atoms with van der Waals surface area (Å²) >= 11 is 0. The Morgan fingerprint density at radius 1 is 1.03 bits per heavy atom. The molecule has 7 rings (SSSR count). The van der Waals surface area contributed by atoms with Gasteiger partial charge in [0.15, 0.2) is 0 Å². The Morgan fingerprint density at radius 2 is 1.65 bits per heavy atom. The SMILES string of the molecule is C/C(=N\Nc1ccc([N+](=O)[O-])cc1)c1ccc(-n2nncc2C23CC4CC(CC(C4)C2)C3)cc1. The summed E-state index contributed by atoms with van der Waals surface area (Å²) in [6.07, 6.45) is 10.1. The molecule has 0 saturated heterocycles. The van der Waals surface area contributed by atoms with Crippen LogP contribution in [0.5, 0.6) is 0 Å². The van der Waals surface area contributed by atoms with Crippen LogP contribution in [0.4, 0.5) is 11.4 Å². The Kier molecular flexibility index (Phi) is 4.97. The van der Waals surface area contributed by atoms with Gasteiger partial charge in [-0.3, -0.25) is 15.5 Å². The van der Waals surface area contributed by atoms with Gasteiger partial charge < -0.3 is 0 Å². The minimum atomic E-state index is -0.413. The molecule has 3 aromatic rings. The zero-order chi connectivity index (χ0) is 23.3. The maximum Gasteiger partial charge on any atom is 0.269 e. The molecule has 0 unspecified atom stereocenters. The highest BCUT2D eigenvalue weighted by Gasteiger charge is 2.53. The number of nitro groups is 1. The summed E-state index contributed by atoms with van der Waals surface area (Å²) < 4.78 is 2.05. The first-order valence-electron chi connectivity index (χ1n) is 12.1. The molecule has 4 saturated carbocycles. The molecule has 0 radical (unpaired) electrons. The summed E-state index contributed by atoms with van der Waals surface area (Å²) in [6, 6.07) is 14.5. The number of benzene rings is 2. The van der Waals surface area contributed by atoms with E-state index in [-0.39, 0.29) is 11.1 Å². The van der Waals surface area contributed by atoms with Crippen molar-refractivity contribution < 1.29 is 4.92 Å². The van der Waals surface area contributed by atoms with Crippen LogP contribution in [-0.4, -0.2) is 25.6 Å². The van der Waals surface area contributed by atoms with E-state index < -0.39 is 4.92 Å². The molecule has 0 aliphatic heterocycles. The molecule has 0 amide bonds. The molecule has 0 spiro atoms. The second-order valence-electron chi connectivity index (χ2n) is 10.4. The third-order valence-corrected chi connectivity index (χ3v) is 8.09. The molecule has 1 heterocycles. The smallest absolute Gasteiger partial charge is 0.269 e. The zero-order valence-electron chi connectivity index (χ0n) is 19.2. The van der Waals surface area contributed by atoms with E-state index in [4.69, 9.17) is 0 Å². The first-order chi connectivity index (χ1) is 16.5. The molecular formula is C26H28N6O2. The van der Waals surface area contributed by atoms with Crippen LogP contribution >= 0.6 is 0 Å². The van der Waals surface area contributed by atoms with E-state index in [0.717, 1.165) is 34.7 Å². The third-order valence-electron chi connectivity index (χ3n) is 8.09. The lowest BCUT2D eigenvalue weighted by molar-refractivity contribution is -0.384. The molecule has 174 valence electrons. The monoisotopic (exact) mass is 456 g/mol. The summed E-state index contributed by atoms with van der Waals surface area (Å²) in [5, 5.41) is 24.1. The molecule has 0 atom stereocenters. The fraction of sp³-hybridized carbons (Fsp3) is 0.423. The van der Waals surface area contributed by atoms with E-state index in [1.165, 1.54) is 56.4 Å². The predicted octanol–water partition coefficient (Wildman–Crippen LogP) is 5.48. The average Bonchev–Trinajstić information content (AvgIpc) is 3.33. The molecule has 4 aliphatic rings. The van der Waals surface area contributed by atoms with E-state index in [0.29, 0.717) is 5.69 Å². The summed E-state index contributed by atoms with van der Waals surface area (Å²) in [4.78, 5) is 10.4. The van der Waals surface area contributed by atoms with Crippen molar-refractivity contribution in [1.29, 1.82) is 0 Å². The number of non-ortho nitro benzene ring substituents is 1. The minimum Gasteiger partial charge on any atom is -0.278 e. The van der Waals surface area contributed by atoms with Crippen molar-refractivity contribution in [2.75, 3.05) is 5.43 Å². The van der Waals surface area contributed by atoms with E-state index >= 15 is 0 Å². The van der Waals surface area contributed by atoms with Crippen molar-refractivity contribution in [3.8, 4) is 5.69 Å². The standard InChI is InChI=1S/C26H28N6O2/c1-17(28-29-22-4-8-24(9-5-22)32(33)34)21-2-6-23(7-3-21)31-25(16-27-30-31)26-13-18-10-19(14-26)12-20(11-18)15-26/h2-9,16,18-20,29H,10-15H2,1H3/b28-17+. The normalized spacial score (nSPS) is 27.7. The van der Waals surface area contributed by atoms with Gasteiger partial charge in [-0.1, -0.05) is 17.3 Å². The maximum atomic E-state index is 10.8. The lowest BCUT2D eigenvalue weighted by Crippen LogP contribution is -2.49. The Bertz CT molecular complexity index is 1210. The maximum absolute atomic E-state index is 10.8. The van der Waals surface area contributed by atoms with E-state index in [2.05, 4.69) is 49.8 Å². The largest absolute Gasteiger partial charge is 0.278 e. The molecule has 8 heteroatoms. The molecule has 34 heavy (non-hydrogen) atoms. The number of anilines is 1. The summed E-state index contributed by atoms with van der Waals surface area (Å²) in [5.41, 5.74) is 8.10. The minimum absolute atomic E-state index is 0.0582. The quantitative estimate of drug-likeness (QED) is 0.301. The van der Waals surface area contributed by atoms with Crippen LogP contribution in [0.3, 0.4) is 0 Å². The molecule has 4 fully saturated rings. The second-order valence-corrected chi connectivity index (χ2v) is 10.4. The molecule has 1 aromatic heterocycles. The predicted molar refractivity (Wildman–Crippen MR) is 130 cm³/mol. The summed E-state index contributed by atoms with van der Waals surface area (Å²) in [5.74, 6) is 2.62. The van der Waals surface area contributed by atoms with Crippen molar-refractivity contribution >= 4 is 17.1 Å². The lowest BCUT2D eigenvalue weighted by atomic mass is 9.49. The first kappa shape index (κ1) is 21.0. The van der Waals surface area contributed by atoms with E-state index in [1.54, 1.807) is 12.1 Å². The fourth-order valence-electron chi connectivity index (χ4n) is 6.93. The molecular weight excluding hydrogens is 428 g/mol.